The molecule has 0 bridgehead atoms. The van der Waals surface area contributed by atoms with Crippen molar-refractivity contribution in [2.24, 2.45) is 0 Å². The third-order valence-corrected chi connectivity index (χ3v) is 43.7. The molecule has 266 valence electrons. The van der Waals surface area contributed by atoms with Crippen LogP contribution in [0.3, 0.4) is 0 Å². The summed E-state index contributed by atoms with van der Waals surface area (Å²) < 4.78 is 0. The second-order valence-corrected chi connectivity index (χ2v) is 60.8. The van der Waals surface area contributed by atoms with E-state index in [2.05, 4.69) is 197 Å². The van der Waals surface area contributed by atoms with Crippen molar-refractivity contribution >= 4 is 85.7 Å². The van der Waals surface area contributed by atoms with Crippen LogP contribution in [-0.2, 0) is 0 Å². The molecule has 0 unspecified atom stereocenters. The van der Waals surface area contributed by atoms with E-state index in [1.807, 2.05) is 16.3 Å². The van der Waals surface area contributed by atoms with E-state index in [1.54, 1.807) is 21.9 Å². The van der Waals surface area contributed by atoms with Crippen LogP contribution >= 0.6 is 0 Å². The first-order valence-corrected chi connectivity index (χ1v) is 45.0. The second-order valence-electron chi connectivity index (χ2n) is 22.0. The van der Waals surface area contributed by atoms with Crippen molar-refractivity contribution in [2.75, 3.05) is 0 Å². The van der Waals surface area contributed by atoms with E-state index < -0.39 is 54.3 Å². The quantitative estimate of drug-likeness (QED) is 0.176. The molecule has 0 amide bonds. The van der Waals surface area contributed by atoms with Gasteiger partial charge in [0, 0.05) is 0 Å². The molecule has 0 nitrogen and oxygen atoms in total. The summed E-state index contributed by atoms with van der Waals surface area (Å²) in [5.74, 6) is 0.00218. The van der Waals surface area contributed by atoms with E-state index in [9.17, 15) is 0 Å². The third-order valence-electron chi connectivity index (χ3n) is 10.2. The Morgan fingerprint density at radius 2 is 0.681 bits per heavy atom. The third kappa shape index (κ3) is 10.4. The molecule has 2 aromatic carbocycles. The van der Waals surface area contributed by atoms with Crippen LogP contribution in [-0.4, -0.2) is 75.3 Å². The van der Waals surface area contributed by atoms with Crippen molar-refractivity contribution in [2.45, 2.75) is 173 Å². The van der Waals surface area contributed by atoms with E-state index >= 15 is 0 Å². The van der Waals surface area contributed by atoms with Gasteiger partial charge < -0.3 is 0 Å². The maximum absolute atomic E-state index is 2.93. The number of benzene rings is 2. The fourth-order valence-electron chi connectivity index (χ4n) is 10.3. The van der Waals surface area contributed by atoms with Gasteiger partial charge in [-0.1, -0.05) is 0 Å². The standard InChI is InChI=1S/C39H76Si7Te/c1-28(2)31-24-23-25-32(29(3)4)35(31)40(47)36-33(38(43(11,12)13)44(14,15)16)26-30(37(41(5,6)7)42(8,9)10)27-34(36)39(45(17,18)19)46(20,21)22/h23-29,37-39H,1-22H3. The van der Waals surface area contributed by atoms with Crippen molar-refractivity contribution in [1.29, 1.82) is 0 Å². The summed E-state index contributed by atoms with van der Waals surface area (Å²) in [6, 6.07) is 13.2. The van der Waals surface area contributed by atoms with Gasteiger partial charge in [-0.2, -0.15) is 0 Å². The van der Waals surface area contributed by atoms with Crippen LogP contribution in [0, 0.1) is 0 Å². The Kier molecular flexibility index (Phi) is 14.0. The van der Waals surface area contributed by atoms with Gasteiger partial charge in [0.2, 0.25) is 0 Å². The predicted octanol–water partition coefficient (Wildman–Crippen LogP) is 11.7. The zero-order chi connectivity index (χ0) is 37.0. The maximum atomic E-state index is 2.93. The van der Waals surface area contributed by atoms with E-state index in [0.29, 0.717) is 11.8 Å². The van der Waals surface area contributed by atoms with Gasteiger partial charge >= 0.3 is 317 Å². The van der Waals surface area contributed by atoms with Gasteiger partial charge in [-0.3, -0.25) is 0 Å². The SMILES string of the molecule is CC(C)c1cccc(C(C)C)c1[Si](=[Te])c1c(C([Si](C)(C)C)[Si](C)(C)C)cc(C([Si](C)(C)C)[Si](C)(C)C)cc1C([Si](C)(C)C)[Si](C)(C)C. The Labute approximate surface area is 314 Å². The molecular weight excluding hydrogens is 793 g/mol. The van der Waals surface area contributed by atoms with E-state index in [-0.39, 0.29) is 0 Å². The molecule has 0 aliphatic heterocycles. The summed E-state index contributed by atoms with van der Waals surface area (Å²) in [6.45, 7) is 58.3. The Morgan fingerprint density at radius 1 is 0.426 bits per heavy atom. The van der Waals surface area contributed by atoms with Gasteiger partial charge in [0.1, 0.15) is 0 Å². The van der Waals surface area contributed by atoms with Crippen LogP contribution in [0.25, 0.3) is 0 Å². The summed E-state index contributed by atoms with van der Waals surface area (Å²) in [4.78, 5) is 0. The van der Waals surface area contributed by atoms with E-state index in [4.69, 9.17) is 0 Å². The van der Waals surface area contributed by atoms with Crippen LogP contribution in [0.4, 0.5) is 0 Å². The normalized spacial score (nSPS) is 14.4. The minimum atomic E-state index is -1.59. The molecule has 0 saturated heterocycles. The number of hydrogen-bond donors (Lipinski definition) is 0. The number of rotatable bonds is 13. The molecule has 47 heavy (non-hydrogen) atoms. The predicted molar refractivity (Wildman–Crippen MR) is 240 cm³/mol. The van der Waals surface area contributed by atoms with Gasteiger partial charge in [0.15, 0.2) is 0 Å². The topological polar surface area (TPSA) is 0 Å². The molecular formula is C39H76Si7Te. The average Bonchev–Trinajstić information content (AvgIpc) is 2.77. The Hall–Kier alpha value is 0.748. The van der Waals surface area contributed by atoms with E-state index in [0.717, 1.165) is 15.5 Å². The molecule has 0 saturated carbocycles. The summed E-state index contributed by atoms with van der Waals surface area (Å²) >= 11 is 2.63. The fraction of sp³-hybridized carbons (Fsp3) is 0.692. The molecule has 0 aromatic heterocycles. The molecule has 0 heterocycles. The van der Waals surface area contributed by atoms with Crippen LogP contribution < -0.4 is 10.4 Å². The first-order valence-electron chi connectivity index (χ1n) is 18.6. The zero-order valence-corrected chi connectivity index (χ0v) is 44.5. The van der Waals surface area contributed by atoms with Crippen molar-refractivity contribution in [3.63, 3.8) is 0 Å². The molecule has 0 aliphatic rings. The molecule has 0 aliphatic carbocycles. The summed E-state index contributed by atoms with van der Waals surface area (Å²) in [5.41, 5.74) is 8.71. The molecule has 0 spiro atoms. The average molecular weight is 869 g/mol. The zero-order valence-electron chi connectivity index (χ0n) is 35.2. The van der Waals surface area contributed by atoms with Gasteiger partial charge in [0.25, 0.3) is 0 Å². The Bertz CT molecular complexity index is 1290. The van der Waals surface area contributed by atoms with Gasteiger partial charge in [0.05, 0.1) is 0 Å². The molecule has 2 rings (SSSR count). The first kappa shape index (κ1) is 43.9. The van der Waals surface area contributed by atoms with Gasteiger partial charge in [-0.15, -0.1) is 0 Å². The van der Waals surface area contributed by atoms with Crippen molar-refractivity contribution in [3.05, 3.63) is 58.1 Å². The summed E-state index contributed by atoms with van der Waals surface area (Å²) in [5, 5.41) is 5.88. The molecule has 2 aromatic rings. The molecule has 8 heteroatoms. The monoisotopic (exact) mass is 870 g/mol. The number of hydrogen-bond acceptors (Lipinski definition) is 0. The first-order chi connectivity index (χ1) is 20.7. The van der Waals surface area contributed by atoms with Crippen LogP contribution in [0.1, 0.15) is 82.8 Å². The fourth-order valence-corrected chi connectivity index (χ4v) is 55.5. The van der Waals surface area contributed by atoms with Gasteiger partial charge in [-0.25, -0.2) is 0 Å². The Morgan fingerprint density at radius 3 is 0.915 bits per heavy atom. The molecule has 0 N–H and O–H groups in total. The van der Waals surface area contributed by atoms with E-state index in [1.165, 1.54) is 0 Å². The Balaban J connectivity index is 3.54. The van der Waals surface area contributed by atoms with Crippen molar-refractivity contribution < 1.29 is 0 Å². The minimum absolute atomic E-state index is 0.536. The molecule has 0 radical (unpaired) electrons. The summed E-state index contributed by atoms with van der Waals surface area (Å²) in [6.07, 6.45) is 0. The van der Waals surface area contributed by atoms with Crippen LogP contribution in [0.5, 0.6) is 0 Å². The van der Waals surface area contributed by atoms with Crippen LogP contribution in [0.2, 0.25) is 118 Å². The van der Waals surface area contributed by atoms with Crippen LogP contribution in [0.15, 0.2) is 30.3 Å². The van der Waals surface area contributed by atoms with Gasteiger partial charge in [-0.05, 0) is 0 Å². The molecule has 0 fully saturated rings. The van der Waals surface area contributed by atoms with Crippen molar-refractivity contribution in [1.82, 2.24) is 0 Å². The molecule has 0 atom stereocenters. The summed E-state index contributed by atoms with van der Waals surface area (Å²) in [7, 11) is -9.35. The van der Waals surface area contributed by atoms with Crippen molar-refractivity contribution in [3.8, 4) is 0 Å². The second kappa shape index (κ2) is 15.0.